The lowest BCUT2D eigenvalue weighted by Gasteiger charge is -2.12. The van der Waals surface area contributed by atoms with Crippen LogP contribution in [-0.4, -0.2) is 38.4 Å². The summed E-state index contributed by atoms with van der Waals surface area (Å²) in [6.45, 7) is 11.2. The van der Waals surface area contributed by atoms with Crippen LogP contribution in [0.5, 0.6) is 11.5 Å². The van der Waals surface area contributed by atoms with Crippen molar-refractivity contribution in [2.24, 2.45) is 0 Å². The Hall–Kier alpha value is -2.76. The predicted molar refractivity (Wildman–Crippen MR) is 127 cm³/mol. The summed E-state index contributed by atoms with van der Waals surface area (Å²) in [4.78, 5) is 23.2. The molecule has 1 aromatic rings. The van der Waals surface area contributed by atoms with E-state index in [0.29, 0.717) is 43.5 Å². The van der Waals surface area contributed by atoms with E-state index < -0.39 is 0 Å². The van der Waals surface area contributed by atoms with Gasteiger partial charge in [0.15, 0.2) is 11.5 Å². The smallest absolute Gasteiger partial charge is 0.333 e. The van der Waals surface area contributed by atoms with Gasteiger partial charge in [0.05, 0.1) is 26.4 Å². The molecule has 0 aromatic heterocycles. The first-order valence-corrected chi connectivity index (χ1v) is 11.5. The highest BCUT2D eigenvalue weighted by molar-refractivity contribution is 5.87. The summed E-state index contributed by atoms with van der Waals surface area (Å²) >= 11 is 0. The van der Waals surface area contributed by atoms with Crippen LogP contribution in [0.3, 0.4) is 0 Å². The lowest BCUT2D eigenvalue weighted by atomic mass is 10.1. The van der Waals surface area contributed by atoms with Crippen LogP contribution >= 0.6 is 0 Å². The highest BCUT2D eigenvalue weighted by Gasteiger charge is 2.06. The summed E-state index contributed by atoms with van der Waals surface area (Å²) in [6, 6.07) is 5.60. The molecule has 0 bridgehead atoms. The molecule has 0 atom stereocenters. The third kappa shape index (κ3) is 12.2. The molecule has 0 fully saturated rings. The van der Waals surface area contributed by atoms with Gasteiger partial charge in [-0.05, 0) is 56.9 Å². The number of esters is 2. The summed E-state index contributed by atoms with van der Waals surface area (Å²) in [5, 5.41) is 0. The van der Waals surface area contributed by atoms with Crippen molar-refractivity contribution in [1.82, 2.24) is 0 Å². The Morgan fingerprint density at radius 2 is 1.53 bits per heavy atom. The molecule has 0 aliphatic heterocycles. The molecule has 0 heterocycles. The van der Waals surface area contributed by atoms with Crippen LogP contribution in [-0.2, 0) is 19.1 Å². The molecule has 0 aliphatic carbocycles. The zero-order valence-corrected chi connectivity index (χ0v) is 19.8. The summed E-state index contributed by atoms with van der Waals surface area (Å²) in [7, 11) is 0. The Kier molecular flexibility index (Phi) is 14.4. The van der Waals surface area contributed by atoms with Crippen LogP contribution in [0.4, 0.5) is 0 Å². The van der Waals surface area contributed by atoms with Crippen molar-refractivity contribution in [2.45, 2.75) is 65.7 Å². The molecule has 1 rings (SSSR count). The molecule has 0 radical (unpaired) electrons. The molecule has 0 spiro atoms. The van der Waals surface area contributed by atoms with E-state index in [0.717, 1.165) is 50.5 Å². The van der Waals surface area contributed by atoms with Gasteiger partial charge in [0.2, 0.25) is 0 Å². The van der Waals surface area contributed by atoms with Crippen molar-refractivity contribution >= 4 is 18.0 Å². The van der Waals surface area contributed by atoms with Crippen molar-refractivity contribution in [3.8, 4) is 11.5 Å². The van der Waals surface area contributed by atoms with Gasteiger partial charge in [-0.3, -0.25) is 0 Å². The SMILES string of the molecule is C=C(C)C(=O)OCCCCCCCCOC(=O)C=Cc1ccc(OCC)c(OCCC)c1. The van der Waals surface area contributed by atoms with Gasteiger partial charge in [-0.1, -0.05) is 45.3 Å². The number of hydrogen-bond acceptors (Lipinski definition) is 6. The van der Waals surface area contributed by atoms with Gasteiger partial charge >= 0.3 is 11.9 Å². The van der Waals surface area contributed by atoms with E-state index in [9.17, 15) is 9.59 Å². The minimum atomic E-state index is -0.353. The van der Waals surface area contributed by atoms with Gasteiger partial charge < -0.3 is 18.9 Å². The van der Waals surface area contributed by atoms with Crippen molar-refractivity contribution < 1.29 is 28.5 Å². The lowest BCUT2D eigenvalue weighted by molar-refractivity contribution is -0.139. The zero-order valence-electron chi connectivity index (χ0n) is 19.8. The third-order valence-corrected chi connectivity index (χ3v) is 4.51. The fraction of sp³-hybridized carbons (Fsp3) is 0.538. The second-order valence-corrected chi connectivity index (χ2v) is 7.53. The molecular weight excluding hydrogens is 408 g/mol. The molecule has 0 unspecified atom stereocenters. The van der Waals surface area contributed by atoms with E-state index >= 15 is 0 Å². The number of unbranched alkanes of at least 4 members (excludes halogenated alkanes) is 5. The van der Waals surface area contributed by atoms with Crippen molar-refractivity contribution in [3.05, 3.63) is 42.0 Å². The van der Waals surface area contributed by atoms with Crippen LogP contribution in [0.1, 0.15) is 71.3 Å². The lowest BCUT2D eigenvalue weighted by Crippen LogP contribution is -2.06. The molecule has 0 aliphatic rings. The van der Waals surface area contributed by atoms with Crippen LogP contribution in [0.15, 0.2) is 36.4 Å². The van der Waals surface area contributed by atoms with Crippen LogP contribution in [0.2, 0.25) is 0 Å². The summed E-state index contributed by atoms with van der Waals surface area (Å²) in [5.41, 5.74) is 1.28. The van der Waals surface area contributed by atoms with Gasteiger partial charge in [-0.15, -0.1) is 0 Å². The normalized spacial score (nSPS) is 10.7. The Labute approximate surface area is 192 Å². The maximum absolute atomic E-state index is 11.9. The van der Waals surface area contributed by atoms with E-state index in [1.54, 1.807) is 13.0 Å². The quantitative estimate of drug-likeness (QED) is 0.169. The summed E-state index contributed by atoms with van der Waals surface area (Å²) in [5.74, 6) is 0.703. The van der Waals surface area contributed by atoms with E-state index in [-0.39, 0.29) is 11.9 Å². The highest BCUT2D eigenvalue weighted by atomic mass is 16.5. The van der Waals surface area contributed by atoms with Gasteiger partial charge in [-0.2, -0.15) is 0 Å². The Bertz CT molecular complexity index is 738. The molecular formula is C26H38O6. The minimum Gasteiger partial charge on any atom is -0.490 e. The van der Waals surface area contributed by atoms with Crippen molar-refractivity contribution in [1.29, 1.82) is 0 Å². The van der Waals surface area contributed by atoms with Gasteiger partial charge in [-0.25, -0.2) is 9.59 Å². The second kappa shape index (κ2) is 16.9. The number of carbonyl (C=O) groups is 2. The fourth-order valence-electron chi connectivity index (χ4n) is 2.81. The van der Waals surface area contributed by atoms with Crippen molar-refractivity contribution in [3.63, 3.8) is 0 Å². The Balaban J connectivity index is 2.21. The third-order valence-electron chi connectivity index (χ3n) is 4.51. The monoisotopic (exact) mass is 446 g/mol. The van der Waals surface area contributed by atoms with Gasteiger partial charge in [0.25, 0.3) is 0 Å². The Morgan fingerprint density at radius 3 is 2.16 bits per heavy atom. The Morgan fingerprint density at radius 1 is 0.875 bits per heavy atom. The van der Waals surface area contributed by atoms with E-state index in [4.69, 9.17) is 18.9 Å². The topological polar surface area (TPSA) is 71.1 Å². The van der Waals surface area contributed by atoms with E-state index in [1.165, 1.54) is 6.08 Å². The summed E-state index contributed by atoms with van der Waals surface area (Å²) in [6.07, 6.45) is 9.90. The molecule has 178 valence electrons. The number of benzene rings is 1. The number of rotatable bonds is 17. The van der Waals surface area contributed by atoms with E-state index in [2.05, 4.69) is 6.58 Å². The molecule has 6 nitrogen and oxygen atoms in total. The first-order valence-electron chi connectivity index (χ1n) is 11.5. The number of ether oxygens (including phenoxy) is 4. The maximum atomic E-state index is 11.9. The van der Waals surface area contributed by atoms with Crippen LogP contribution in [0.25, 0.3) is 6.08 Å². The van der Waals surface area contributed by atoms with Crippen LogP contribution < -0.4 is 9.47 Å². The van der Waals surface area contributed by atoms with Crippen LogP contribution in [0, 0.1) is 0 Å². The molecule has 0 amide bonds. The van der Waals surface area contributed by atoms with Gasteiger partial charge in [0, 0.05) is 11.6 Å². The standard InChI is InChI=1S/C26H38O6/c1-5-17-30-24-20-22(13-15-23(24)29-6-2)14-16-25(27)31-18-11-9-7-8-10-12-19-32-26(28)21(3)4/h13-16,20H,3,5-12,17-19H2,1-2,4H3. The average Bonchev–Trinajstić information content (AvgIpc) is 2.78. The average molecular weight is 447 g/mol. The first kappa shape index (κ1) is 27.3. The second-order valence-electron chi connectivity index (χ2n) is 7.53. The molecule has 0 saturated heterocycles. The minimum absolute atomic E-state index is 0.325. The molecule has 6 heteroatoms. The predicted octanol–water partition coefficient (Wildman–Crippen LogP) is 5.89. The summed E-state index contributed by atoms with van der Waals surface area (Å²) < 4.78 is 21.6. The molecule has 0 N–H and O–H groups in total. The first-order chi connectivity index (χ1) is 15.5. The molecule has 32 heavy (non-hydrogen) atoms. The van der Waals surface area contributed by atoms with Crippen molar-refractivity contribution in [2.75, 3.05) is 26.4 Å². The maximum Gasteiger partial charge on any atom is 0.333 e. The number of carbonyl (C=O) groups excluding carboxylic acids is 2. The van der Waals surface area contributed by atoms with Gasteiger partial charge in [0.1, 0.15) is 0 Å². The zero-order chi connectivity index (χ0) is 23.6. The molecule has 1 aromatic carbocycles. The number of hydrogen-bond donors (Lipinski definition) is 0. The largest absolute Gasteiger partial charge is 0.490 e. The highest BCUT2D eigenvalue weighted by Crippen LogP contribution is 2.29. The van der Waals surface area contributed by atoms with E-state index in [1.807, 2.05) is 32.0 Å². The molecule has 0 saturated carbocycles. The fourth-order valence-corrected chi connectivity index (χ4v) is 2.81.